The molecule has 0 rings (SSSR count). The van der Waals surface area contributed by atoms with Crippen molar-refractivity contribution < 1.29 is 17.9 Å². The van der Waals surface area contributed by atoms with Gasteiger partial charge in [-0.2, -0.15) is 13.2 Å². The fourth-order valence-corrected chi connectivity index (χ4v) is 1.24. The lowest BCUT2D eigenvalue weighted by molar-refractivity contribution is -0.138. The zero-order chi connectivity index (χ0) is 12.4. The van der Waals surface area contributed by atoms with Gasteiger partial charge in [-0.15, -0.1) is 0 Å². The highest BCUT2D eigenvalue weighted by Crippen LogP contribution is 2.20. The molecular weight excluding hydrogens is 219 g/mol. The molecule has 5 heteroatoms. The maximum atomic E-state index is 11.8. The highest BCUT2D eigenvalue weighted by Gasteiger charge is 2.25. The summed E-state index contributed by atoms with van der Waals surface area (Å²) in [6.45, 7) is 6.65. The quantitative estimate of drug-likeness (QED) is 0.627. The molecule has 0 spiro atoms. The largest absolute Gasteiger partial charge is 0.389 e. The molecule has 0 amide bonds. The molecule has 0 aliphatic heterocycles. The van der Waals surface area contributed by atoms with Gasteiger partial charge in [-0.05, 0) is 31.8 Å². The Labute approximate surface area is 95.5 Å². The Balaban J connectivity index is 3.24. The molecule has 0 saturated heterocycles. The van der Waals surface area contributed by atoms with E-state index in [9.17, 15) is 13.2 Å². The Morgan fingerprint density at radius 3 is 2.56 bits per heavy atom. The lowest BCUT2D eigenvalue weighted by Crippen LogP contribution is -2.25. The summed E-state index contributed by atoms with van der Waals surface area (Å²) in [5.74, 6) is 0.345. The highest BCUT2D eigenvalue weighted by molar-refractivity contribution is 4.56. The minimum atomic E-state index is -4.06. The van der Waals surface area contributed by atoms with Gasteiger partial charge in [-0.25, -0.2) is 0 Å². The Kier molecular flexibility index (Phi) is 8.66. The second-order valence-corrected chi connectivity index (χ2v) is 4.10. The van der Waals surface area contributed by atoms with Crippen LogP contribution in [0.25, 0.3) is 0 Å². The number of alkyl halides is 3. The first-order valence-corrected chi connectivity index (χ1v) is 5.81. The van der Waals surface area contributed by atoms with Gasteiger partial charge in [0, 0.05) is 13.0 Å². The van der Waals surface area contributed by atoms with Crippen LogP contribution in [0.4, 0.5) is 13.2 Å². The van der Waals surface area contributed by atoms with Crippen LogP contribution in [0, 0.1) is 5.92 Å². The van der Waals surface area contributed by atoms with Gasteiger partial charge in [0.05, 0.1) is 6.61 Å². The van der Waals surface area contributed by atoms with E-state index >= 15 is 0 Å². The third kappa shape index (κ3) is 11.8. The van der Waals surface area contributed by atoms with E-state index in [1.165, 1.54) is 0 Å². The first-order chi connectivity index (χ1) is 7.45. The highest BCUT2D eigenvalue weighted by atomic mass is 19.4. The SMILES string of the molecule is CCCNCC(C)COCCCC(F)(F)F. The molecule has 0 heterocycles. The summed E-state index contributed by atoms with van der Waals surface area (Å²) < 4.78 is 40.5. The molecule has 1 unspecified atom stereocenters. The van der Waals surface area contributed by atoms with Crippen LogP contribution >= 0.6 is 0 Å². The smallest absolute Gasteiger partial charge is 0.381 e. The van der Waals surface area contributed by atoms with Gasteiger partial charge >= 0.3 is 6.18 Å². The van der Waals surface area contributed by atoms with Crippen molar-refractivity contribution in [3.05, 3.63) is 0 Å². The summed E-state index contributed by atoms with van der Waals surface area (Å²) in [5, 5.41) is 3.24. The Hall–Kier alpha value is -0.290. The van der Waals surface area contributed by atoms with Crippen LogP contribution in [-0.2, 0) is 4.74 Å². The van der Waals surface area contributed by atoms with E-state index in [-0.39, 0.29) is 13.0 Å². The van der Waals surface area contributed by atoms with Gasteiger partial charge in [-0.3, -0.25) is 0 Å². The summed E-state index contributed by atoms with van der Waals surface area (Å²) in [6, 6.07) is 0. The summed E-state index contributed by atoms with van der Waals surface area (Å²) in [4.78, 5) is 0. The zero-order valence-corrected chi connectivity index (χ0v) is 10.1. The Bertz CT molecular complexity index is 162. The van der Waals surface area contributed by atoms with Crippen LogP contribution < -0.4 is 5.32 Å². The first-order valence-electron chi connectivity index (χ1n) is 5.81. The lowest BCUT2D eigenvalue weighted by atomic mass is 10.2. The van der Waals surface area contributed by atoms with E-state index in [1.807, 2.05) is 6.92 Å². The molecule has 98 valence electrons. The second kappa shape index (κ2) is 8.82. The topological polar surface area (TPSA) is 21.3 Å². The second-order valence-electron chi connectivity index (χ2n) is 4.10. The van der Waals surface area contributed by atoms with Crippen molar-refractivity contribution in [2.45, 2.75) is 39.3 Å². The molecule has 0 aromatic carbocycles. The standard InChI is InChI=1S/C11H22F3NO/c1-3-6-15-8-10(2)9-16-7-4-5-11(12,13)14/h10,15H,3-9H2,1-2H3. The molecule has 0 aromatic heterocycles. The van der Waals surface area contributed by atoms with Gasteiger partial charge in [-0.1, -0.05) is 13.8 Å². The molecule has 0 bridgehead atoms. The third-order valence-corrected chi connectivity index (χ3v) is 2.07. The van der Waals surface area contributed by atoms with Gasteiger partial charge < -0.3 is 10.1 Å². The fourth-order valence-electron chi connectivity index (χ4n) is 1.24. The normalized spacial score (nSPS) is 14.1. The molecule has 0 aliphatic carbocycles. The molecule has 1 N–H and O–H groups in total. The third-order valence-electron chi connectivity index (χ3n) is 2.07. The predicted octanol–water partition coefficient (Wildman–Crippen LogP) is 2.98. The average molecular weight is 241 g/mol. The number of hydrogen-bond donors (Lipinski definition) is 1. The number of nitrogens with one attached hydrogen (secondary N) is 1. The van der Waals surface area contributed by atoms with Crippen LogP contribution in [0.15, 0.2) is 0 Å². The molecule has 0 fully saturated rings. The molecule has 2 nitrogen and oxygen atoms in total. The van der Waals surface area contributed by atoms with Gasteiger partial charge in [0.15, 0.2) is 0 Å². The van der Waals surface area contributed by atoms with Gasteiger partial charge in [0.25, 0.3) is 0 Å². The molecule has 1 atom stereocenters. The number of rotatable bonds is 9. The van der Waals surface area contributed by atoms with Crippen LogP contribution in [0.2, 0.25) is 0 Å². The molecule has 0 radical (unpaired) electrons. The summed E-state index contributed by atoms with van der Waals surface area (Å²) in [6.07, 6.45) is -3.68. The van der Waals surface area contributed by atoms with Crippen LogP contribution in [0.3, 0.4) is 0 Å². The van der Waals surface area contributed by atoms with Crippen molar-refractivity contribution in [2.75, 3.05) is 26.3 Å². The molecule has 0 aliphatic rings. The molecule has 0 saturated carbocycles. The Morgan fingerprint density at radius 2 is 2.00 bits per heavy atom. The number of hydrogen-bond acceptors (Lipinski definition) is 2. The fraction of sp³-hybridized carbons (Fsp3) is 1.00. The van der Waals surface area contributed by atoms with Gasteiger partial charge in [0.1, 0.15) is 0 Å². The van der Waals surface area contributed by atoms with Crippen LogP contribution in [0.5, 0.6) is 0 Å². The molecular formula is C11H22F3NO. The van der Waals surface area contributed by atoms with Gasteiger partial charge in [0.2, 0.25) is 0 Å². The van der Waals surface area contributed by atoms with E-state index in [2.05, 4.69) is 12.2 Å². The van der Waals surface area contributed by atoms with E-state index in [4.69, 9.17) is 4.74 Å². The van der Waals surface area contributed by atoms with Crippen molar-refractivity contribution in [3.63, 3.8) is 0 Å². The minimum absolute atomic E-state index is 0.0542. The predicted molar refractivity (Wildman–Crippen MR) is 58.4 cm³/mol. The molecule has 0 aromatic rings. The minimum Gasteiger partial charge on any atom is -0.381 e. The number of ether oxygens (including phenoxy) is 1. The zero-order valence-electron chi connectivity index (χ0n) is 10.1. The summed E-state index contributed by atoms with van der Waals surface area (Å²) >= 11 is 0. The molecule has 16 heavy (non-hydrogen) atoms. The maximum Gasteiger partial charge on any atom is 0.389 e. The van der Waals surface area contributed by atoms with E-state index in [1.54, 1.807) is 0 Å². The van der Waals surface area contributed by atoms with E-state index in [0.29, 0.717) is 12.5 Å². The van der Waals surface area contributed by atoms with Crippen LogP contribution in [-0.4, -0.2) is 32.5 Å². The van der Waals surface area contributed by atoms with Crippen LogP contribution in [0.1, 0.15) is 33.1 Å². The lowest BCUT2D eigenvalue weighted by Gasteiger charge is -2.13. The maximum absolute atomic E-state index is 11.8. The Morgan fingerprint density at radius 1 is 1.31 bits per heavy atom. The first kappa shape index (κ1) is 15.7. The number of halogens is 3. The average Bonchev–Trinajstić information content (AvgIpc) is 2.16. The summed E-state index contributed by atoms with van der Waals surface area (Å²) in [5.41, 5.74) is 0. The summed E-state index contributed by atoms with van der Waals surface area (Å²) in [7, 11) is 0. The van der Waals surface area contributed by atoms with Crippen molar-refractivity contribution in [3.8, 4) is 0 Å². The van der Waals surface area contributed by atoms with E-state index < -0.39 is 12.6 Å². The van der Waals surface area contributed by atoms with Crippen molar-refractivity contribution >= 4 is 0 Å². The van der Waals surface area contributed by atoms with Crippen molar-refractivity contribution in [2.24, 2.45) is 5.92 Å². The monoisotopic (exact) mass is 241 g/mol. The van der Waals surface area contributed by atoms with Crippen molar-refractivity contribution in [1.29, 1.82) is 0 Å². The van der Waals surface area contributed by atoms with Crippen molar-refractivity contribution in [1.82, 2.24) is 5.32 Å². The van der Waals surface area contributed by atoms with E-state index in [0.717, 1.165) is 19.5 Å².